The molecule has 38 heavy (non-hydrogen) atoms. The first-order chi connectivity index (χ1) is 17.6. The minimum atomic E-state index is -3.94. The van der Waals surface area contributed by atoms with Crippen molar-refractivity contribution >= 4 is 17.2 Å². The quantitative estimate of drug-likeness (QED) is 0.455. The molecule has 1 aromatic carbocycles. The van der Waals surface area contributed by atoms with E-state index in [9.17, 15) is 9.90 Å². The van der Waals surface area contributed by atoms with Gasteiger partial charge in [-0.15, -0.1) is 5.10 Å². The van der Waals surface area contributed by atoms with Crippen molar-refractivity contribution in [3.8, 4) is 22.4 Å². The first-order valence-electron chi connectivity index (χ1n) is 12.8. The average Bonchev–Trinajstić information content (AvgIpc) is 3.46. The minimum Gasteiger partial charge on any atom is -0.493 e. The Hall–Kier alpha value is -2.53. The van der Waals surface area contributed by atoms with Crippen LogP contribution >= 0.6 is 11.3 Å². The molecular weight excluding hydrogens is 516 g/mol. The number of aliphatic hydroxyl groups is 1. The second-order valence-corrected chi connectivity index (χ2v) is 13.0. The van der Waals surface area contributed by atoms with E-state index in [1.807, 2.05) is 34.6 Å². The summed E-state index contributed by atoms with van der Waals surface area (Å²) in [7, 11) is 3.08. The summed E-state index contributed by atoms with van der Waals surface area (Å²) in [6, 6.07) is 2.77. The molecule has 2 fully saturated rings. The second kappa shape index (κ2) is 9.89. The maximum Gasteiger partial charge on any atom is 0.352 e. The molecule has 1 saturated carbocycles. The number of likely N-dealkylation sites (tertiary alicyclic amines) is 1. The van der Waals surface area contributed by atoms with Gasteiger partial charge in [-0.3, -0.25) is 4.79 Å². The van der Waals surface area contributed by atoms with E-state index in [0.29, 0.717) is 47.1 Å². The Morgan fingerprint density at radius 3 is 2.32 bits per heavy atom. The van der Waals surface area contributed by atoms with Crippen LogP contribution in [0.3, 0.4) is 0 Å². The van der Waals surface area contributed by atoms with Crippen LogP contribution in [0, 0.1) is 17.8 Å². The van der Waals surface area contributed by atoms with Gasteiger partial charge in [0.25, 0.3) is 11.1 Å². The smallest absolute Gasteiger partial charge is 0.352 e. The van der Waals surface area contributed by atoms with Crippen molar-refractivity contribution in [1.29, 1.82) is 0 Å². The number of methoxy groups -OCH3 is 2. The second-order valence-electron chi connectivity index (χ2n) is 12.1. The first kappa shape index (κ1) is 28.5. The van der Waals surface area contributed by atoms with Crippen LogP contribution in [0.15, 0.2) is 12.1 Å². The topological polar surface area (TPSA) is 94.0 Å². The van der Waals surface area contributed by atoms with Crippen molar-refractivity contribution < 1.29 is 32.9 Å². The van der Waals surface area contributed by atoms with E-state index in [1.54, 1.807) is 19.2 Å². The molecule has 1 atom stereocenters. The number of carbonyl (C=O) groups excluding carboxylic acids is 1. The van der Waals surface area contributed by atoms with Crippen LogP contribution in [0.25, 0.3) is 0 Å². The lowest BCUT2D eigenvalue weighted by Crippen LogP contribution is -2.62. The normalized spacial score (nSPS) is 22.3. The lowest BCUT2D eigenvalue weighted by molar-refractivity contribution is -0.231. The number of hydrogen-bond acceptors (Lipinski definition) is 8. The fourth-order valence-electron chi connectivity index (χ4n) is 6.60. The molecule has 1 aromatic heterocycles. The number of aromatic nitrogens is 2. The van der Waals surface area contributed by atoms with Crippen LogP contribution < -0.4 is 14.2 Å². The molecule has 210 valence electrons. The number of hydrogen-bond donors (Lipinski definition) is 1. The van der Waals surface area contributed by atoms with Crippen LogP contribution in [-0.4, -0.2) is 58.4 Å². The standard InChI is InChI=1S/C27H37F2N3O5S/c1-16-18(10-11-19(35-6)20(16)36-7)37-23-31-30-21(38-23)17-9-8-12-32(17)22(33)27(28,29)26(34)14-24(2,3)13-25(4,5)15-26/h10-11,17,34H,8-9,12-15H2,1-7H3/t17-/m0/s1. The van der Waals surface area contributed by atoms with Crippen molar-refractivity contribution in [2.75, 3.05) is 20.8 Å². The zero-order chi connectivity index (χ0) is 28.1. The Labute approximate surface area is 226 Å². The predicted octanol–water partition coefficient (Wildman–Crippen LogP) is 5.92. The van der Waals surface area contributed by atoms with E-state index in [4.69, 9.17) is 14.2 Å². The van der Waals surface area contributed by atoms with Crippen LogP contribution in [0.4, 0.5) is 8.78 Å². The van der Waals surface area contributed by atoms with Gasteiger partial charge in [-0.1, -0.05) is 44.1 Å². The third-order valence-corrected chi connectivity index (χ3v) is 8.42. The summed E-state index contributed by atoms with van der Waals surface area (Å²) in [6.07, 6.45) is 1.41. The average molecular weight is 554 g/mol. The van der Waals surface area contributed by atoms with E-state index in [2.05, 4.69) is 10.2 Å². The number of rotatable bonds is 7. The summed E-state index contributed by atoms with van der Waals surface area (Å²) in [5.41, 5.74) is -2.79. The predicted molar refractivity (Wildman–Crippen MR) is 139 cm³/mol. The fraction of sp³-hybridized carbons (Fsp3) is 0.667. The Morgan fingerprint density at radius 2 is 1.71 bits per heavy atom. The highest BCUT2D eigenvalue weighted by Gasteiger charge is 2.65. The molecule has 8 nitrogen and oxygen atoms in total. The van der Waals surface area contributed by atoms with Gasteiger partial charge in [-0.2, -0.15) is 8.78 Å². The number of halogens is 2. The highest BCUT2D eigenvalue weighted by Crippen LogP contribution is 2.55. The third kappa shape index (κ3) is 5.19. The molecule has 1 N–H and O–H groups in total. The van der Waals surface area contributed by atoms with Crippen LogP contribution in [-0.2, 0) is 4.79 Å². The summed E-state index contributed by atoms with van der Waals surface area (Å²) < 4.78 is 48.4. The molecule has 2 aromatic rings. The molecular formula is C27H37F2N3O5S. The molecule has 1 aliphatic heterocycles. The number of nitrogens with zero attached hydrogens (tertiary/aromatic N) is 3. The van der Waals surface area contributed by atoms with Crippen molar-refractivity contribution in [3.63, 3.8) is 0 Å². The van der Waals surface area contributed by atoms with Crippen molar-refractivity contribution in [3.05, 3.63) is 22.7 Å². The molecule has 0 bridgehead atoms. The highest BCUT2D eigenvalue weighted by atomic mass is 32.1. The van der Waals surface area contributed by atoms with Crippen LogP contribution in [0.5, 0.6) is 22.4 Å². The van der Waals surface area contributed by atoms with Crippen molar-refractivity contribution in [2.45, 2.75) is 84.3 Å². The number of carbonyl (C=O) groups is 1. The zero-order valence-corrected chi connectivity index (χ0v) is 23.9. The van der Waals surface area contributed by atoms with E-state index in [-0.39, 0.29) is 24.6 Å². The maximum atomic E-state index is 15.9. The minimum absolute atomic E-state index is 0.151. The summed E-state index contributed by atoms with van der Waals surface area (Å²) in [5, 5.41) is 20.2. The molecule has 2 aliphatic rings. The SMILES string of the molecule is COc1ccc(Oc2nnc([C@@H]3CCCN3C(=O)C(F)(F)C3(O)CC(C)(C)CC(C)(C)C3)s2)c(C)c1OC. The highest BCUT2D eigenvalue weighted by molar-refractivity contribution is 7.13. The van der Waals surface area contributed by atoms with Gasteiger partial charge in [0, 0.05) is 12.1 Å². The van der Waals surface area contributed by atoms with E-state index < -0.39 is 34.3 Å². The Kier molecular flexibility index (Phi) is 7.42. The Morgan fingerprint density at radius 1 is 1.08 bits per heavy atom. The molecule has 1 amide bonds. The monoisotopic (exact) mass is 553 g/mol. The van der Waals surface area contributed by atoms with Gasteiger partial charge < -0.3 is 24.2 Å². The largest absolute Gasteiger partial charge is 0.493 e. The van der Waals surface area contributed by atoms with Gasteiger partial charge in [0.2, 0.25) is 0 Å². The fourth-order valence-corrected chi connectivity index (χ4v) is 7.45. The molecule has 11 heteroatoms. The molecule has 4 rings (SSSR count). The van der Waals surface area contributed by atoms with Gasteiger partial charge in [-0.25, -0.2) is 0 Å². The van der Waals surface area contributed by atoms with Gasteiger partial charge in [0.15, 0.2) is 11.5 Å². The number of alkyl halides is 2. The summed E-state index contributed by atoms with van der Waals surface area (Å²) >= 11 is 1.11. The summed E-state index contributed by atoms with van der Waals surface area (Å²) in [5.74, 6) is -3.73. The zero-order valence-electron chi connectivity index (χ0n) is 23.1. The Bertz CT molecular complexity index is 1180. The Balaban J connectivity index is 1.55. The lowest BCUT2D eigenvalue weighted by Gasteiger charge is -2.51. The third-order valence-electron chi connectivity index (χ3n) is 7.51. The van der Waals surface area contributed by atoms with Gasteiger partial charge in [-0.05, 0) is 62.0 Å². The first-order valence-corrected chi connectivity index (χ1v) is 13.6. The lowest BCUT2D eigenvalue weighted by atomic mass is 9.58. The molecule has 1 aliphatic carbocycles. The molecule has 0 spiro atoms. The number of ether oxygens (including phenoxy) is 3. The van der Waals surface area contributed by atoms with Gasteiger partial charge in [0.1, 0.15) is 16.4 Å². The molecule has 2 heterocycles. The summed E-state index contributed by atoms with van der Waals surface area (Å²) in [4.78, 5) is 14.5. The number of benzene rings is 1. The van der Waals surface area contributed by atoms with E-state index >= 15 is 8.78 Å². The van der Waals surface area contributed by atoms with E-state index in [1.165, 1.54) is 7.11 Å². The summed E-state index contributed by atoms with van der Waals surface area (Å²) in [6.45, 7) is 9.42. The van der Waals surface area contributed by atoms with E-state index in [0.717, 1.165) is 16.2 Å². The molecule has 0 unspecified atom stereocenters. The molecule has 0 radical (unpaired) electrons. The van der Waals surface area contributed by atoms with Crippen molar-refractivity contribution in [1.82, 2.24) is 15.1 Å². The van der Waals surface area contributed by atoms with Crippen LogP contribution in [0.1, 0.15) is 76.4 Å². The van der Waals surface area contributed by atoms with Gasteiger partial charge >= 0.3 is 5.92 Å². The maximum absolute atomic E-state index is 15.9. The number of amides is 1. The molecule has 1 saturated heterocycles. The van der Waals surface area contributed by atoms with Gasteiger partial charge in [0.05, 0.1) is 20.3 Å². The van der Waals surface area contributed by atoms with Crippen LogP contribution in [0.2, 0.25) is 0 Å². The van der Waals surface area contributed by atoms with Crippen molar-refractivity contribution in [2.24, 2.45) is 10.8 Å².